The van der Waals surface area contributed by atoms with Gasteiger partial charge in [-0.25, -0.2) is 19.3 Å². The molecule has 1 fully saturated rings. The van der Waals surface area contributed by atoms with Gasteiger partial charge in [0.2, 0.25) is 0 Å². The third kappa shape index (κ3) is 3.77. The fourth-order valence-electron chi connectivity index (χ4n) is 3.40. The van der Waals surface area contributed by atoms with Crippen molar-refractivity contribution in [3.8, 4) is 11.4 Å². The number of hydrogen-bond donors (Lipinski definition) is 2. The van der Waals surface area contributed by atoms with Gasteiger partial charge < -0.3 is 15.1 Å². The first-order valence-corrected chi connectivity index (χ1v) is 9.10. The number of H-pyrrole nitrogens is 1. The molecule has 27 heavy (non-hydrogen) atoms. The van der Waals surface area contributed by atoms with Crippen molar-refractivity contribution in [2.45, 2.75) is 18.9 Å². The molecule has 0 aromatic carbocycles. The highest BCUT2D eigenvalue weighted by Gasteiger charge is 2.21. The van der Waals surface area contributed by atoms with Gasteiger partial charge in [0.05, 0.1) is 17.8 Å². The number of carbonyl (C=O) groups excluding carboxylic acids is 1. The molecule has 0 radical (unpaired) electrons. The van der Waals surface area contributed by atoms with Crippen molar-refractivity contribution in [3.05, 3.63) is 35.5 Å². The fraction of sp³-hybridized carbons (Fsp3) is 0.333. The molecule has 3 aromatic heterocycles. The normalized spacial score (nSPS) is 17.9. The number of piperidine rings is 1. The second kappa shape index (κ2) is 7.58. The molecular weight excluding hydrogens is 371 g/mol. The van der Waals surface area contributed by atoms with E-state index in [2.05, 4.69) is 25.3 Å². The number of pyridine rings is 1. The average Bonchev–Trinajstić information content (AvgIpc) is 3.07. The molecule has 3 aromatic rings. The van der Waals surface area contributed by atoms with E-state index in [1.54, 1.807) is 18.5 Å². The Hall–Kier alpha value is -2.58. The summed E-state index contributed by atoms with van der Waals surface area (Å²) in [4.78, 5) is 28.6. The zero-order valence-electron chi connectivity index (χ0n) is 14.5. The second-order valence-electron chi connectivity index (χ2n) is 6.55. The third-order valence-corrected chi connectivity index (χ3v) is 4.87. The summed E-state index contributed by atoms with van der Waals surface area (Å²) in [6.45, 7) is 1.93. The van der Waals surface area contributed by atoms with E-state index in [-0.39, 0.29) is 11.9 Å². The number of carbonyl (C=O) groups is 1. The van der Waals surface area contributed by atoms with Crippen LogP contribution in [0.4, 0.5) is 10.2 Å². The SMILES string of the molecule is O=CCN1CCC[C@H](Nc2nc(-c3c[nH]c4ncc(Cl)cc34)ncc2F)C1. The number of halogens is 2. The summed E-state index contributed by atoms with van der Waals surface area (Å²) in [5, 5.41) is 4.44. The van der Waals surface area contributed by atoms with Crippen molar-refractivity contribution >= 4 is 34.7 Å². The Kier molecular flexibility index (Phi) is 5.00. The van der Waals surface area contributed by atoms with E-state index in [4.69, 9.17) is 11.6 Å². The van der Waals surface area contributed by atoms with Gasteiger partial charge in [-0.05, 0) is 25.5 Å². The van der Waals surface area contributed by atoms with Crippen molar-refractivity contribution < 1.29 is 9.18 Å². The van der Waals surface area contributed by atoms with Crippen molar-refractivity contribution in [3.63, 3.8) is 0 Å². The number of fused-ring (bicyclic) bond motifs is 1. The molecule has 1 saturated heterocycles. The summed E-state index contributed by atoms with van der Waals surface area (Å²) < 4.78 is 14.3. The number of hydrogen-bond acceptors (Lipinski definition) is 6. The Labute approximate surface area is 160 Å². The van der Waals surface area contributed by atoms with Gasteiger partial charge >= 0.3 is 0 Å². The van der Waals surface area contributed by atoms with Crippen LogP contribution in [0.2, 0.25) is 5.02 Å². The van der Waals surface area contributed by atoms with E-state index < -0.39 is 5.82 Å². The van der Waals surface area contributed by atoms with E-state index >= 15 is 0 Å². The number of aromatic nitrogens is 4. The number of nitrogens with zero attached hydrogens (tertiary/aromatic N) is 4. The number of likely N-dealkylation sites (tertiary alicyclic amines) is 1. The first-order valence-electron chi connectivity index (χ1n) is 8.72. The van der Waals surface area contributed by atoms with Gasteiger partial charge in [-0.3, -0.25) is 4.90 Å². The van der Waals surface area contributed by atoms with Crippen LogP contribution in [0.3, 0.4) is 0 Å². The molecule has 0 bridgehead atoms. The molecule has 9 heteroatoms. The van der Waals surface area contributed by atoms with Crippen LogP contribution in [0.5, 0.6) is 0 Å². The first kappa shape index (κ1) is 17.8. The van der Waals surface area contributed by atoms with Gasteiger partial charge in [-0.2, -0.15) is 0 Å². The zero-order valence-corrected chi connectivity index (χ0v) is 15.2. The Morgan fingerprint density at radius 1 is 1.41 bits per heavy atom. The Morgan fingerprint density at radius 2 is 2.30 bits per heavy atom. The maximum atomic E-state index is 14.3. The molecule has 0 unspecified atom stereocenters. The minimum Gasteiger partial charge on any atom is -0.363 e. The van der Waals surface area contributed by atoms with E-state index in [0.29, 0.717) is 35.1 Å². The van der Waals surface area contributed by atoms with Gasteiger partial charge in [-0.15, -0.1) is 0 Å². The van der Waals surface area contributed by atoms with Crippen molar-refractivity contribution in [1.29, 1.82) is 0 Å². The molecule has 0 spiro atoms. The quantitative estimate of drug-likeness (QED) is 0.653. The predicted octanol–water partition coefficient (Wildman–Crippen LogP) is 2.89. The summed E-state index contributed by atoms with van der Waals surface area (Å²) in [6.07, 6.45) is 7.17. The van der Waals surface area contributed by atoms with Gasteiger partial charge in [0.1, 0.15) is 11.9 Å². The number of aldehydes is 1. The van der Waals surface area contributed by atoms with Crippen LogP contribution in [-0.2, 0) is 4.79 Å². The van der Waals surface area contributed by atoms with E-state index in [9.17, 15) is 9.18 Å². The van der Waals surface area contributed by atoms with Crippen LogP contribution in [0.1, 0.15) is 12.8 Å². The lowest BCUT2D eigenvalue weighted by Gasteiger charge is -2.32. The van der Waals surface area contributed by atoms with E-state index in [0.717, 1.165) is 37.3 Å². The average molecular weight is 389 g/mol. The molecule has 1 aliphatic heterocycles. The third-order valence-electron chi connectivity index (χ3n) is 4.66. The van der Waals surface area contributed by atoms with Crippen molar-refractivity contribution in [2.24, 2.45) is 0 Å². The maximum absolute atomic E-state index is 14.3. The first-order chi connectivity index (χ1) is 13.1. The van der Waals surface area contributed by atoms with Crippen LogP contribution in [-0.4, -0.2) is 56.8 Å². The Balaban J connectivity index is 1.61. The van der Waals surface area contributed by atoms with Crippen LogP contribution >= 0.6 is 11.6 Å². The van der Waals surface area contributed by atoms with Gasteiger partial charge in [0, 0.05) is 35.9 Å². The standard InChI is InChI=1S/C18H18ClFN6O/c19-11-6-13-14(8-22-16(13)21-7-11)17-23-9-15(20)18(25-17)24-12-2-1-3-26(10-12)4-5-27/h5-9,12H,1-4,10H2,(H,21,22)(H,23,24,25)/t12-/m0/s1. The summed E-state index contributed by atoms with van der Waals surface area (Å²) in [5.41, 5.74) is 1.36. The molecule has 4 rings (SSSR count). The summed E-state index contributed by atoms with van der Waals surface area (Å²) in [7, 11) is 0. The van der Waals surface area contributed by atoms with Crippen LogP contribution < -0.4 is 5.32 Å². The van der Waals surface area contributed by atoms with Gasteiger partial charge in [-0.1, -0.05) is 11.6 Å². The molecule has 1 aliphatic rings. The molecule has 0 amide bonds. The summed E-state index contributed by atoms with van der Waals surface area (Å²) in [6, 6.07) is 1.79. The molecule has 7 nitrogen and oxygen atoms in total. The van der Waals surface area contributed by atoms with E-state index in [1.165, 1.54) is 0 Å². The molecule has 0 saturated carbocycles. The predicted molar refractivity (Wildman–Crippen MR) is 101 cm³/mol. The number of aromatic amines is 1. The van der Waals surface area contributed by atoms with Crippen molar-refractivity contribution in [2.75, 3.05) is 25.0 Å². The lowest BCUT2D eigenvalue weighted by molar-refractivity contribution is -0.109. The highest BCUT2D eigenvalue weighted by atomic mass is 35.5. The summed E-state index contributed by atoms with van der Waals surface area (Å²) >= 11 is 6.04. The second-order valence-corrected chi connectivity index (χ2v) is 6.99. The lowest BCUT2D eigenvalue weighted by atomic mass is 10.1. The largest absolute Gasteiger partial charge is 0.363 e. The van der Waals surface area contributed by atoms with Crippen LogP contribution in [0, 0.1) is 5.82 Å². The molecule has 140 valence electrons. The van der Waals surface area contributed by atoms with Gasteiger partial charge in [0.15, 0.2) is 17.5 Å². The smallest absolute Gasteiger partial charge is 0.183 e. The fourth-order valence-corrected chi connectivity index (χ4v) is 3.56. The van der Waals surface area contributed by atoms with Crippen molar-refractivity contribution in [1.82, 2.24) is 24.8 Å². The molecule has 4 heterocycles. The minimum atomic E-state index is -0.512. The Morgan fingerprint density at radius 3 is 3.15 bits per heavy atom. The number of nitrogens with one attached hydrogen (secondary N) is 2. The number of anilines is 1. The van der Waals surface area contributed by atoms with E-state index in [1.807, 2.05) is 4.90 Å². The zero-order chi connectivity index (χ0) is 18.8. The maximum Gasteiger partial charge on any atom is 0.183 e. The highest BCUT2D eigenvalue weighted by Crippen LogP contribution is 2.28. The monoisotopic (exact) mass is 388 g/mol. The van der Waals surface area contributed by atoms with Crippen LogP contribution in [0.15, 0.2) is 24.7 Å². The summed E-state index contributed by atoms with van der Waals surface area (Å²) in [5.74, 6) is 0.0272. The number of rotatable bonds is 5. The highest BCUT2D eigenvalue weighted by molar-refractivity contribution is 6.31. The lowest BCUT2D eigenvalue weighted by Crippen LogP contribution is -2.43. The van der Waals surface area contributed by atoms with Crippen LogP contribution in [0.25, 0.3) is 22.4 Å². The molecule has 0 aliphatic carbocycles. The molecule has 1 atom stereocenters. The minimum absolute atomic E-state index is 0.0232. The van der Waals surface area contributed by atoms with Gasteiger partial charge in [0.25, 0.3) is 0 Å². The topological polar surface area (TPSA) is 86.8 Å². The Bertz CT molecular complexity index is 978. The molecule has 2 N–H and O–H groups in total. The molecular formula is C18H18ClFN6O.